The molecule has 2 heteroatoms. The second kappa shape index (κ2) is 18.5. The molecule has 0 aliphatic rings. The fourth-order valence-electron chi connectivity index (χ4n) is 4.23. The molecule has 0 unspecified atom stereocenters. The maximum absolute atomic E-state index is 12.2. The molecule has 2 nitrogen and oxygen atoms in total. The highest BCUT2D eigenvalue weighted by Gasteiger charge is 2.10. The van der Waals surface area contributed by atoms with Crippen LogP contribution in [0.2, 0.25) is 0 Å². The lowest BCUT2D eigenvalue weighted by molar-refractivity contribution is 0.0987. The number of methoxy groups -OCH3 is 1. The molecule has 0 aliphatic carbocycles. The summed E-state index contributed by atoms with van der Waals surface area (Å²) in [4.78, 5) is 12.2. The molecule has 0 saturated carbocycles. The van der Waals surface area contributed by atoms with Gasteiger partial charge in [0, 0.05) is 12.0 Å². The van der Waals surface area contributed by atoms with Crippen LogP contribution in [0.15, 0.2) is 18.2 Å². The van der Waals surface area contributed by atoms with Crippen LogP contribution < -0.4 is 4.74 Å². The summed E-state index contributed by atoms with van der Waals surface area (Å²) in [5.74, 6) is 1.10. The quantitative estimate of drug-likeness (QED) is 0.156. The van der Waals surface area contributed by atoms with Gasteiger partial charge in [-0.1, -0.05) is 110 Å². The molecule has 0 radical (unpaired) electrons. The zero-order chi connectivity index (χ0) is 21.9. The van der Waals surface area contributed by atoms with Gasteiger partial charge in [-0.05, 0) is 36.6 Å². The van der Waals surface area contributed by atoms with E-state index in [0.29, 0.717) is 6.42 Å². The minimum atomic E-state index is 0.240. The lowest BCUT2D eigenvalue weighted by Crippen LogP contribution is -2.03. The molecule has 0 amide bonds. The van der Waals surface area contributed by atoms with Crippen LogP contribution >= 0.6 is 0 Å². The number of rotatable bonds is 20. The second-order valence-electron chi connectivity index (χ2n) is 8.85. The third kappa shape index (κ3) is 12.4. The third-order valence-corrected chi connectivity index (χ3v) is 6.23. The van der Waals surface area contributed by atoms with Crippen LogP contribution in [-0.2, 0) is 6.42 Å². The van der Waals surface area contributed by atoms with Gasteiger partial charge < -0.3 is 4.74 Å². The summed E-state index contributed by atoms with van der Waals surface area (Å²) >= 11 is 0. The first-order valence-corrected chi connectivity index (χ1v) is 12.9. The number of benzene rings is 1. The summed E-state index contributed by atoms with van der Waals surface area (Å²) in [6.45, 7) is 4.22. The van der Waals surface area contributed by atoms with Crippen molar-refractivity contribution in [3.05, 3.63) is 29.3 Å². The first kappa shape index (κ1) is 26.7. The molecule has 30 heavy (non-hydrogen) atoms. The van der Waals surface area contributed by atoms with E-state index in [-0.39, 0.29) is 5.78 Å². The van der Waals surface area contributed by atoms with E-state index in [1.165, 1.54) is 96.3 Å². The number of ether oxygens (including phenoxy) is 1. The molecule has 1 aromatic rings. The highest BCUT2D eigenvalue weighted by atomic mass is 16.5. The Morgan fingerprint density at radius 2 is 1.17 bits per heavy atom. The molecular formula is C28H48O2. The molecule has 0 heterocycles. The molecular weight excluding hydrogens is 368 g/mol. The van der Waals surface area contributed by atoms with E-state index >= 15 is 0 Å². The second-order valence-corrected chi connectivity index (χ2v) is 8.85. The molecule has 0 bridgehead atoms. The van der Waals surface area contributed by atoms with Crippen LogP contribution in [-0.4, -0.2) is 12.9 Å². The van der Waals surface area contributed by atoms with E-state index in [1.807, 2.05) is 25.1 Å². The van der Waals surface area contributed by atoms with Crippen molar-refractivity contribution in [2.24, 2.45) is 0 Å². The molecule has 0 spiro atoms. The lowest BCUT2D eigenvalue weighted by atomic mass is 9.96. The summed E-state index contributed by atoms with van der Waals surface area (Å²) < 4.78 is 5.34. The van der Waals surface area contributed by atoms with Gasteiger partial charge in [0.2, 0.25) is 0 Å². The molecule has 0 aromatic heterocycles. The van der Waals surface area contributed by atoms with E-state index in [0.717, 1.165) is 29.7 Å². The Morgan fingerprint density at radius 1 is 0.700 bits per heavy atom. The molecule has 0 N–H and O–H groups in total. The Bertz CT molecular complexity index is 550. The zero-order valence-electron chi connectivity index (χ0n) is 20.3. The predicted molar refractivity (Wildman–Crippen MR) is 131 cm³/mol. The van der Waals surface area contributed by atoms with Gasteiger partial charge in [0.25, 0.3) is 0 Å². The zero-order valence-corrected chi connectivity index (χ0v) is 20.3. The minimum Gasteiger partial charge on any atom is -0.497 e. The van der Waals surface area contributed by atoms with Crippen molar-refractivity contribution in [1.82, 2.24) is 0 Å². The summed E-state index contributed by atoms with van der Waals surface area (Å²) in [6.07, 6.45) is 23.7. The van der Waals surface area contributed by atoms with Gasteiger partial charge in [0.1, 0.15) is 5.75 Å². The van der Waals surface area contributed by atoms with Crippen molar-refractivity contribution in [3.8, 4) is 5.75 Å². The van der Waals surface area contributed by atoms with Gasteiger partial charge >= 0.3 is 0 Å². The van der Waals surface area contributed by atoms with Crippen LogP contribution in [0.1, 0.15) is 139 Å². The molecule has 0 saturated heterocycles. The number of hydrogen-bond acceptors (Lipinski definition) is 2. The van der Waals surface area contributed by atoms with Crippen LogP contribution in [0.25, 0.3) is 0 Å². The van der Waals surface area contributed by atoms with Crippen molar-refractivity contribution >= 4 is 5.78 Å². The highest BCUT2D eigenvalue weighted by Crippen LogP contribution is 2.22. The Balaban J connectivity index is 2.01. The number of aryl methyl sites for hydroxylation is 1. The maximum atomic E-state index is 12.2. The lowest BCUT2D eigenvalue weighted by Gasteiger charge is -2.10. The summed E-state index contributed by atoms with van der Waals surface area (Å²) in [5.41, 5.74) is 2.05. The fraction of sp³-hybridized carbons (Fsp3) is 0.750. The Labute approximate surface area is 187 Å². The van der Waals surface area contributed by atoms with E-state index in [1.54, 1.807) is 7.11 Å². The number of ketones is 1. The Kier molecular flexibility index (Phi) is 16.4. The monoisotopic (exact) mass is 416 g/mol. The predicted octanol–water partition coefficient (Wildman–Crippen LogP) is 9.09. The summed E-state index contributed by atoms with van der Waals surface area (Å²) in [5, 5.41) is 0. The van der Waals surface area contributed by atoms with Crippen molar-refractivity contribution in [2.45, 2.75) is 129 Å². The van der Waals surface area contributed by atoms with Crippen molar-refractivity contribution in [3.63, 3.8) is 0 Å². The first-order chi connectivity index (χ1) is 14.7. The molecule has 1 aromatic carbocycles. The van der Waals surface area contributed by atoms with Gasteiger partial charge in [-0.3, -0.25) is 4.79 Å². The van der Waals surface area contributed by atoms with Gasteiger partial charge in [-0.15, -0.1) is 0 Å². The van der Waals surface area contributed by atoms with Crippen molar-refractivity contribution in [2.75, 3.05) is 7.11 Å². The number of unbranched alkanes of at least 4 members (excludes halogenated alkanes) is 15. The summed E-state index contributed by atoms with van der Waals surface area (Å²) in [6, 6.07) is 5.89. The maximum Gasteiger partial charge on any atom is 0.162 e. The average Bonchev–Trinajstić information content (AvgIpc) is 2.78. The topological polar surface area (TPSA) is 26.3 Å². The van der Waals surface area contributed by atoms with Gasteiger partial charge in [-0.2, -0.15) is 0 Å². The third-order valence-electron chi connectivity index (χ3n) is 6.23. The number of carbonyl (C=O) groups excluding carboxylic acids is 1. The normalized spacial score (nSPS) is 11.0. The van der Waals surface area contributed by atoms with Crippen molar-refractivity contribution < 1.29 is 9.53 Å². The smallest absolute Gasteiger partial charge is 0.162 e. The molecule has 0 fully saturated rings. The van der Waals surface area contributed by atoms with Crippen LogP contribution in [0.4, 0.5) is 0 Å². The van der Waals surface area contributed by atoms with E-state index < -0.39 is 0 Å². The number of carbonyl (C=O) groups is 1. The fourth-order valence-corrected chi connectivity index (χ4v) is 4.23. The molecule has 1 rings (SSSR count). The van der Waals surface area contributed by atoms with Gasteiger partial charge in [0.15, 0.2) is 5.78 Å². The van der Waals surface area contributed by atoms with Gasteiger partial charge in [-0.25, -0.2) is 0 Å². The van der Waals surface area contributed by atoms with E-state index in [9.17, 15) is 4.79 Å². The molecule has 0 aliphatic heterocycles. The number of hydrogen-bond donors (Lipinski definition) is 0. The van der Waals surface area contributed by atoms with Crippen LogP contribution in [0.3, 0.4) is 0 Å². The Morgan fingerprint density at radius 3 is 1.60 bits per heavy atom. The van der Waals surface area contributed by atoms with Crippen molar-refractivity contribution in [1.29, 1.82) is 0 Å². The standard InChI is InChI=1S/C28H48O2/c1-4-6-7-8-9-10-11-12-13-14-15-16-17-18-19-20-21-25-24-26(30-3)22-23-27(25)28(29)5-2/h22-24H,4-21H2,1-3H3. The average molecular weight is 417 g/mol. The van der Waals surface area contributed by atoms with Gasteiger partial charge in [0.05, 0.1) is 7.11 Å². The molecule has 0 atom stereocenters. The number of Topliss-reactive ketones (excluding diaryl/α,β-unsaturated/α-hetero) is 1. The van der Waals surface area contributed by atoms with E-state index in [2.05, 4.69) is 6.92 Å². The summed E-state index contributed by atoms with van der Waals surface area (Å²) in [7, 11) is 1.69. The largest absolute Gasteiger partial charge is 0.497 e. The minimum absolute atomic E-state index is 0.240. The highest BCUT2D eigenvalue weighted by molar-refractivity contribution is 5.97. The van der Waals surface area contributed by atoms with E-state index in [4.69, 9.17) is 4.74 Å². The SMILES string of the molecule is CCCCCCCCCCCCCCCCCCc1cc(OC)ccc1C(=O)CC. The molecule has 172 valence electrons. The van der Waals surface area contributed by atoms with Crippen LogP contribution in [0, 0.1) is 0 Å². The van der Waals surface area contributed by atoms with Crippen LogP contribution in [0.5, 0.6) is 5.75 Å². The Hall–Kier alpha value is -1.31. The first-order valence-electron chi connectivity index (χ1n) is 12.9.